The van der Waals surface area contributed by atoms with Gasteiger partial charge in [0.05, 0.1) is 17.9 Å². The minimum atomic E-state index is 0.391. The van der Waals surface area contributed by atoms with E-state index < -0.39 is 0 Å². The third-order valence-electron chi connectivity index (χ3n) is 3.39. The van der Waals surface area contributed by atoms with Gasteiger partial charge in [-0.15, -0.1) is 0 Å². The number of benzene rings is 1. The lowest BCUT2D eigenvalue weighted by molar-refractivity contribution is 0.199. The molecule has 0 atom stereocenters. The molecule has 0 amide bonds. The van der Waals surface area contributed by atoms with E-state index in [0.717, 1.165) is 42.9 Å². The number of nitrogens with one attached hydrogen (secondary N) is 1. The smallest absolute Gasteiger partial charge is 0.101 e. The number of ether oxygens (including phenoxy) is 1. The molecule has 0 unspecified atom stereocenters. The molecule has 0 aliphatic heterocycles. The lowest BCUT2D eigenvalue weighted by Crippen LogP contribution is -2.32. The quantitative estimate of drug-likeness (QED) is 0.710. The van der Waals surface area contributed by atoms with Crippen molar-refractivity contribution in [2.45, 2.75) is 39.8 Å². The van der Waals surface area contributed by atoms with Crippen LogP contribution >= 0.6 is 0 Å². The van der Waals surface area contributed by atoms with Crippen LogP contribution in [0.4, 0.5) is 5.69 Å². The fourth-order valence-corrected chi connectivity index (χ4v) is 2.34. The molecule has 1 N–H and O–H groups in total. The first-order valence-electron chi connectivity index (χ1n) is 7.63. The SMILES string of the molecule is CCCN(c1ccc(CNCCOC)cc1C#N)C(C)C. The Kier molecular flexibility index (Phi) is 7.81. The van der Waals surface area contributed by atoms with Crippen LogP contribution in [0, 0.1) is 11.3 Å². The van der Waals surface area contributed by atoms with Crippen molar-refractivity contribution < 1.29 is 4.74 Å². The zero-order valence-corrected chi connectivity index (χ0v) is 13.6. The summed E-state index contributed by atoms with van der Waals surface area (Å²) in [7, 11) is 1.69. The second-order valence-electron chi connectivity index (χ2n) is 5.42. The van der Waals surface area contributed by atoms with Gasteiger partial charge in [0.2, 0.25) is 0 Å². The topological polar surface area (TPSA) is 48.3 Å². The Balaban J connectivity index is 2.85. The minimum Gasteiger partial charge on any atom is -0.383 e. The van der Waals surface area contributed by atoms with Crippen molar-refractivity contribution in [3.05, 3.63) is 29.3 Å². The van der Waals surface area contributed by atoms with Gasteiger partial charge in [-0.3, -0.25) is 0 Å². The second-order valence-corrected chi connectivity index (χ2v) is 5.42. The Morgan fingerprint density at radius 1 is 1.38 bits per heavy atom. The molecule has 1 aromatic rings. The molecule has 0 aromatic heterocycles. The van der Waals surface area contributed by atoms with Gasteiger partial charge in [-0.1, -0.05) is 13.0 Å². The van der Waals surface area contributed by atoms with Crippen molar-refractivity contribution in [2.24, 2.45) is 0 Å². The molecular formula is C17H27N3O. The Bertz CT molecular complexity index is 466. The summed E-state index contributed by atoms with van der Waals surface area (Å²) in [5, 5.41) is 12.7. The van der Waals surface area contributed by atoms with Crippen LogP contribution < -0.4 is 10.2 Å². The van der Waals surface area contributed by atoms with Crippen molar-refractivity contribution >= 4 is 5.69 Å². The van der Waals surface area contributed by atoms with E-state index in [1.165, 1.54) is 0 Å². The zero-order valence-electron chi connectivity index (χ0n) is 13.6. The van der Waals surface area contributed by atoms with Crippen molar-refractivity contribution in [3.63, 3.8) is 0 Å². The Hall–Kier alpha value is -1.57. The van der Waals surface area contributed by atoms with E-state index in [1.807, 2.05) is 6.07 Å². The van der Waals surface area contributed by atoms with E-state index in [0.29, 0.717) is 12.6 Å². The maximum absolute atomic E-state index is 9.43. The van der Waals surface area contributed by atoms with Crippen molar-refractivity contribution in [2.75, 3.05) is 31.7 Å². The van der Waals surface area contributed by atoms with E-state index in [1.54, 1.807) is 7.11 Å². The molecule has 4 heteroatoms. The number of rotatable bonds is 9. The first kappa shape index (κ1) is 17.5. The van der Waals surface area contributed by atoms with Crippen molar-refractivity contribution in [1.82, 2.24) is 5.32 Å². The molecule has 116 valence electrons. The summed E-state index contributed by atoms with van der Waals surface area (Å²) in [6.07, 6.45) is 1.07. The van der Waals surface area contributed by atoms with Crippen LogP contribution in [0.3, 0.4) is 0 Å². The maximum atomic E-state index is 9.43. The molecule has 0 bridgehead atoms. The van der Waals surface area contributed by atoms with Gasteiger partial charge < -0.3 is 15.0 Å². The zero-order chi connectivity index (χ0) is 15.7. The van der Waals surface area contributed by atoms with Crippen LogP contribution in [0.1, 0.15) is 38.3 Å². The Morgan fingerprint density at radius 3 is 2.71 bits per heavy atom. The van der Waals surface area contributed by atoms with Crippen LogP contribution in [0.2, 0.25) is 0 Å². The summed E-state index contributed by atoms with van der Waals surface area (Å²) < 4.78 is 5.01. The third kappa shape index (κ3) is 5.37. The van der Waals surface area contributed by atoms with E-state index in [-0.39, 0.29) is 0 Å². The highest BCUT2D eigenvalue weighted by Crippen LogP contribution is 2.23. The Labute approximate surface area is 128 Å². The third-order valence-corrected chi connectivity index (χ3v) is 3.39. The van der Waals surface area contributed by atoms with E-state index in [4.69, 9.17) is 4.74 Å². The van der Waals surface area contributed by atoms with Crippen LogP contribution in [0.15, 0.2) is 18.2 Å². The van der Waals surface area contributed by atoms with Gasteiger partial charge in [0.1, 0.15) is 6.07 Å². The van der Waals surface area contributed by atoms with E-state index in [2.05, 4.69) is 49.2 Å². The van der Waals surface area contributed by atoms with Crippen LogP contribution in [-0.2, 0) is 11.3 Å². The number of hydrogen-bond acceptors (Lipinski definition) is 4. The molecule has 0 aliphatic rings. The number of nitrogens with zero attached hydrogens (tertiary/aromatic N) is 2. The molecule has 0 spiro atoms. The number of nitriles is 1. The number of anilines is 1. The fraction of sp³-hybridized carbons (Fsp3) is 0.588. The van der Waals surface area contributed by atoms with Gasteiger partial charge in [0, 0.05) is 32.8 Å². The van der Waals surface area contributed by atoms with Gasteiger partial charge in [-0.05, 0) is 38.0 Å². The summed E-state index contributed by atoms with van der Waals surface area (Å²) in [5.74, 6) is 0. The van der Waals surface area contributed by atoms with E-state index >= 15 is 0 Å². The average Bonchev–Trinajstić information content (AvgIpc) is 2.49. The first-order valence-corrected chi connectivity index (χ1v) is 7.63. The number of hydrogen-bond donors (Lipinski definition) is 1. The van der Waals surface area contributed by atoms with Crippen molar-refractivity contribution in [3.8, 4) is 6.07 Å². The molecular weight excluding hydrogens is 262 g/mol. The molecule has 21 heavy (non-hydrogen) atoms. The van der Waals surface area contributed by atoms with E-state index in [9.17, 15) is 5.26 Å². The predicted octanol–water partition coefficient (Wildman–Crippen LogP) is 2.92. The van der Waals surface area contributed by atoms with Gasteiger partial charge in [0.15, 0.2) is 0 Å². The van der Waals surface area contributed by atoms with Crippen LogP contribution in [-0.4, -0.2) is 32.8 Å². The van der Waals surface area contributed by atoms with Gasteiger partial charge in [-0.2, -0.15) is 5.26 Å². The summed E-state index contributed by atoms with van der Waals surface area (Å²) in [6.45, 7) is 9.73. The van der Waals surface area contributed by atoms with Gasteiger partial charge >= 0.3 is 0 Å². The monoisotopic (exact) mass is 289 g/mol. The second kappa shape index (κ2) is 9.38. The summed E-state index contributed by atoms with van der Waals surface area (Å²) in [5.41, 5.74) is 2.92. The van der Waals surface area contributed by atoms with Crippen LogP contribution in [0.5, 0.6) is 0 Å². The molecule has 0 fully saturated rings. The molecule has 0 saturated heterocycles. The van der Waals surface area contributed by atoms with Gasteiger partial charge in [0.25, 0.3) is 0 Å². The lowest BCUT2D eigenvalue weighted by Gasteiger charge is -2.29. The Morgan fingerprint density at radius 2 is 2.14 bits per heavy atom. The largest absolute Gasteiger partial charge is 0.383 e. The summed E-state index contributed by atoms with van der Waals surface area (Å²) in [4.78, 5) is 2.29. The molecule has 4 nitrogen and oxygen atoms in total. The molecule has 0 radical (unpaired) electrons. The lowest BCUT2D eigenvalue weighted by atomic mass is 10.1. The molecule has 1 aromatic carbocycles. The maximum Gasteiger partial charge on any atom is 0.101 e. The summed E-state index contributed by atoms with van der Waals surface area (Å²) in [6, 6.07) is 8.88. The molecule has 0 heterocycles. The minimum absolute atomic E-state index is 0.391. The predicted molar refractivity (Wildman–Crippen MR) is 87.5 cm³/mol. The average molecular weight is 289 g/mol. The fourth-order valence-electron chi connectivity index (χ4n) is 2.34. The highest BCUT2D eigenvalue weighted by molar-refractivity contribution is 5.61. The summed E-state index contributed by atoms with van der Waals surface area (Å²) >= 11 is 0. The standard InChI is InChI=1S/C17H27N3O/c1-5-9-20(14(2)3)17-7-6-15(11-16(17)12-18)13-19-8-10-21-4/h6-7,11,14,19H,5,8-10,13H2,1-4H3. The normalized spacial score (nSPS) is 10.7. The number of methoxy groups -OCH3 is 1. The first-order chi connectivity index (χ1) is 10.1. The van der Waals surface area contributed by atoms with Crippen LogP contribution in [0.25, 0.3) is 0 Å². The van der Waals surface area contributed by atoms with Crippen molar-refractivity contribution in [1.29, 1.82) is 5.26 Å². The molecule has 1 rings (SSSR count). The highest BCUT2D eigenvalue weighted by Gasteiger charge is 2.14. The highest BCUT2D eigenvalue weighted by atomic mass is 16.5. The van der Waals surface area contributed by atoms with Gasteiger partial charge in [-0.25, -0.2) is 0 Å². The molecule has 0 aliphatic carbocycles. The molecule has 0 saturated carbocycles.